The minimum Gasteiger partial charge on any atom is -0.469 e. The number of rotatable bonds is 17. The Labute approximate surface area is 160 Å². The molecule has 26 heavy (non-hydrogen) atoms. The van der Waals surface area contributed by atoms with Crippen LogP contribution in [0, 0.1) is 0 Å². The molecule has 3 atom stereocenters. The second kappa shape index (κ2) is 17.5. The number of aliphatic hydroxyl groups excluding tert-OH is 1. The van der Waals surface area contributed by atoms with E-state index in [0.29, 0.717) is 6.42 Å². The van der Waals surface area contributed by atoms with Crippen LogP contribution < -0.4 is 0 Å². The van der Waals surface area contributed by atoms with Gasteiger partial charge in [-0.2, -0.15) is 0 Å². The van der Waals surface area contributed by atoms with Crippen LogP contribution in [0.15, 0.2) is 12.2 Å². The lowest BCUT2D eigenvalue weighted by Gasteiger charge is -2.22. The number of hydrogen-bond acceptors (Lipinski definition) is 5. The molecule has 0 aliphatic rings. The SMILES string of the molecule is CCCCCC(O)C=CC(OC)C(CCCCCCCC(=O)OC)OC. The first-order chi connectivity index (χ1) is 12.6. The molecule has 0 aromatic heterocycles. The van der Waals surface area contributed by atoms with E-state index in [-0.39, 0.29) is 18.2 Å². The van der Waals surface area contributed by atoms with Gasteiger partial charge in [0.1, 0.15) is 6.10 Å². The number of carbonyl (C=O) groups excluding carboxylic acids is 1. The van der Waals surface area contributed by atoms with Crippen LogP contribution in [0.5, 0.6) is 0 Å². The van der Waals surface area contributed by atoms with Gasteiger partial charge < -0.3 is 19.3 Å². The zero-order valence-corrected chi connectivity index (χ0v) is 17.2. The Balaban J connectivity index is 4.04. The summed E-state index contributed by atoms with van der Waals surface area (Å²) in [5, 5.41) is 10.0. The van der Waals surface area contributed by atoms with Crippen LogP contribution in [0.1, 0.15) is 77.6 Å². The van der Waals surface area contributed by atoms with Crippen LogP contribution in [0.25, 0.3) is 0 Å². The average molecular weight is 373 g/mol. The minimum atomic E-state index is -0.411. The molecular formula is C21H40O5. The average Bonchev–Trinajstić information content (AvgIpc) is 2.65. The lowest BCUT2D eigenvalue weighted by molar-refractivity contribution is -0.140. The van der Waals surface area contributed by atoms with Gasteiger partial charge in [0.2, 0.25) is 0 Å². The van der Waals surface area contributed by atoms with Crippen molar-refractivity contribution in [3.05, 3.63) is 12.2 Å². The summed E-state index contributed by atoms with van der Waals surface area (Å²) in [4.78, 5) is 11.0. The number of aliphatic hydroxyl groups is 1. The predicted molar refractivity (Wildman–Crippen MR) is 105 cm³/mol. The van der Waals surface area contributed by atoms with Crippen molar-refractivity contribution < 1.29 is 24.1 Å². The molecule has 3 unspecified atom stereocenters. The largest absolute Gasteiger partial charge is 0.469 e. The van der Waals surface area contributed by atoms with E-state index in [9.17, 15) is 9.90 Å². The van der Waals surface area contributed by atoms with Crippen molar-refractivity contribution in [1.82, 2.24) is 0 Å². The number of esters is 1. The molecule has 5 heteroatoms. The molecular weight excluding hydrogens is 332 g/mol. The van der Waals surface area contributed by atoms with Crippen molar-refractivity contribution in [3.8, 4) is 0 Å². The summed E-state index contributed by atoms with van der Waals surface area (Å²) >= 11 is 0. The Morgan fingerprint density at radius 3 is 2.15 bits per heavy atom. The maximum Gasteiger partial charge on any atom is 0.305 e. The fourth-order valence-electron chi connectivity index (χ4n) is 2.96. The fraction of sp³-hybridized carbons (Fsp3) is 0.857. The summed E-state index contributed by atoms with van der Waals surface area (Å²) in [5.74, 6) is -0.129. The summed E-state index contributed by atoms with van der Waals surface area (Å²) in [5.41, 5.74) is 0. The molecule has 0 rings (SSSR count). The zero-order valence-electron chi connectivity index (χ0n) is 17.2. The van der Waals surface area contributed by atoms with E-state index in [2.05, 4.69) is 11.7 Å². The van der Waals surface area contributed by atoms with Gasteiger partial charge in [-0.25, -0.2) is 0 Å². The van der Waals surface area contributed by atoms with E-state index in [1.807, 2.05) is 12.2 Å². The highest BCUT2D eigenvalue weighted by molar-refractivity contribution is 5.68. The van der Waals surface area contributed by atoms with Gasteiger partial charge in [0.05, 0.1) is 19.3 Å². The van der Waals surface area contributed by atoms with Crippen LogP contribution in [0.4, 0.5) is 0 Å². The van der Waals surface area contributed by atoms with E-state index in [4.69, 9.17) is 9.47 Å². The number of ether oxygens (including phenoxy) is 3. The molecule has 0 aromatic rings. The number of methoxy groups -OCH3 is 3. The first-order valence-corrected chi connectivity index (χ1v) is 10.1. The van der Waals surface area contributed by atoms with Crippen LogP contribution >= 0.6 is 0 Å². The smallest absolute Gasteiger partial charge is 0.305 e. The van der Waals surface area contributed by atoms with Gasteiger partial charge in [0, 0.05) is 20.6 Å². The predicted octanol–water partition coefficient (Wildman–Crippen LogP) is 4.42. The Hall–Kier alpha value is -0.910. The van der Waals surface area contributed by atoms with Gasteiger partial charge in [-0.3, -0.25) is 4.79 Å². The Kier molecular flexibility index (Phi) is 16.9. The standard InChI is InChI=1S/C21H40O5/c1-5-6-10-13-18(22)16-17-20(25-3)19(24-2)14-11-8-7-9-12-15-21(23)26-4/h16-20,22H,5-15H2,1-4H3. The molecule has 0 aliphatic carbocycles. The summed E-state index contributed by atoms with van der Waals surface area (Å²) in [7, 11) is 4.81. The molecule has 0 heterocycles. The van der Waals surface area contributed by atoms with Gasteiger partial charge in [-0.15, -0.1) is 0 Å². The van der Waals surface area contributed by atoms with Crippen LogP contribution in [-0.2, 0) is 19.0 Å². The summed E-state index contributed by atoms with van der Waals surface area (Å²) in [6.45, 7) is 2.16. The Morgan fingerprint density at radius 1 is 0.885 bits per heavy atom. The first-order valence-electron chi connectivity index (χ1n) is 10.1. The van der Waals surface area contributed by atoms with Gasteiger partial charge in [0.25, 0.3) is 0 Å². The first kappa shape index (κ1) is 25.1. The third-order valence-corrected chi connectivity index (χ3v) is 4.66. The van der Waals surface area contributed by atoms with Gasteiger partial charge >= 0.3 is 5.97 Å². The number of hydrogen-bond donors (Lipinski definition) is 1. The molecule has 154 valence electrons. The van der Waals surface area contributed by atoms with Crippen molar-refractivity contribution >= 4 is 5.97 Å². The minimum absolute atomic E-state index is 0.00541. The topological polar surface area (TPSA) is 65.0 Å². The zero-order chi connectivity index (χ0) is 19.6. The molecule has 0 radical (unpaired) electrons. The quantitative estimate of drug-likeness (QED) is 0.233. The molecule has 0 spiro atoms. The Morgan fingerprint density at radius 2 is 1.54 bits per heavy atom. The number of carbonyl (C=O) groups is 1. The normalized spacial score (nSPS) is 15.1. The molecule has 5 nitrogen and oxygen atoms in total. The molecule has 0 bridgehead atoms. The molecule has 0 saturated carbocycles. The summed E-state index contributed by atoms with van der Waals surface area (Å²) in [6.07, 6.45) is 14.0. The third-order valence-electron chi connectivity index (χ3n) is 4.66. The van der Waals surface area contributed by atoms with Gasteiger partial charge in [-0.05, 0) is 19.3 Å². The Bertz CT molecular complexity index is 356. The van der Waals surface area contributed by atoms with E-state index in [1.165, 1.54) is 7.11 Å². The maximum absolute atomic E-state index is 11.0. The lowest BCUT2D eigenvalue weighted by Crippen LogP contribution is -2.28. The highest BCUT2D eigenvalue weighted by atomic mass is 16.5. The molecule has 0 fully saturated rings. The van der Waals surface area contributed by atoms with Crippen molar-refractivity contribution in [1.29, 1.82) is 0 Å². The highest BCUT2D eigenvalue weighted by Crippen LogP contribution is 2.16. The number of unbranched alkanes of at least 4 members (excludes halogenated alkanes) is 6. The van der Waals surface area contributed by atoms with Crippen molar-refractivity contribution in [2.75, 3.05) is 21.3 Å². The summed E-state index contributed by atoms with van der Waals surface area (Å²) in [6, 6.07) is 0. The summed E-state index contributed by atoms with van der Waals surface area (Å²) < 4.78 is 15.8. The van der Waals surface area contributed by atoms with Crippen LogP contribution in [0.3, 0.4) is 0 Å². The second-order valence-corrected chi connectivity index (χ2v) is 6.81. The van der Waals surface area contributed by atoms with Crippen molar-refractivity contribution in [2.45, 2.75) is 95.9 Å². The lowest BCUT2D eigenvalue weighted by atomic mass is 10.0. The van der Waals surface area contributed by atoms with E-state index in [0.717, 1.165) is 64.2 Å². The van der Waals surface area contributed by atoms with E-state index >= 15 is 0 Å². The van der Waals surface area contributed by atoms with Crippen LogP contribution in [-0.4, -0.2) is 50.7 Å². The van der Waals surface area contributed by atoms with Crippen molar-refractivity contribution in [3.63, 3.8) is 0 Å². The monoisotopic (exact) mass is 372 g/mol. The molecule has 0 aliphatic heterocycles. The fourth-order valence-corrected chi connectivity index (χ4v) is 2.96. The molecule has 0 aromatic carbocycles. The van der Waals surface area contributed by atoms with E-state index < -0.39 is 6.10 Å². The van der Waals surface area contributed by atoms with Gasteiger partial charge in [-0.1, -0.05) is 64.0 Å². The van der Waals surface area contributed by atoms with Gasteiger partial charge in [0.15, 0.2) is 0 Å². The third kappa shape index (κ3) is 13.3. The van der Waals surface area contributed by atoms with E-state index in [1.54, 1.807) is 14.2 Å². The van der Waals surface area contributed by atoms with Crippen molar-refractivity contribution in [2.24, 2.45) is 0 Å². The molecule has 1 N–H and O–H groups in total. The van der Waals surface area contributed by atoms with Crippen LogP contribution in [0.2, 0.25) is 0 Å². The second-order valence-electron chi connectivity index (χ2n) is 6.81. The molecule has 0 amide bonds. The maximum atomic E-state index is 11.0. The molecule has 0 saturated heterocycles. The highest BCUT2D eigenvalue weighted by Gasteiger charge is 2.18.